The average molecular weight is 313 g/mol. The Labute approximate surface area is 124 Å². The molecular formula is C14H26F3NO3. The third-order valence-electron chi connectivity index (χ3n) is 3.88. The molecular weight excluding hydrogens is 287 g/mol. The summed E-state index contributed by atoms with van der Waals surface area (Å²) in [5.41, 5.74) is 0. The minimum atomic E-state index is -4.56. The molecule has 0 rings (SSSR count). The fourth-order valence-corrected chi connectivity index (χ4v) is 2.18. The molecule has 0 saturated heterocycles. The molecule has 0 spiro atoms. The van der Waals surface area contributed by atoms with Gasteiger partial charge in [-0.2, -0.15) is 13.2 Å². The number of carbonyl (C=O) groups excluding carboxylic acids is 1. The van der Waals surface area contributed by atoms with Crippen LogP contribution in [-0.4, -0.2) is 43.1 Å². The smallest absolute Gasteiger partial charge is 0.404 e. The molecule has 21 heavy (non-hydrogen) atoms. The maximum atomic E-state index is 13.3. The number of nitrogens with one attached hydrogen (secondary N) is 1. The molecule has 0 aliphatic heterocycles. The minimum Gasteiger partial charge on any atom is -0.468 e. The van der Waals surface area contributed by atoms with Gasteiger partial charge in [-0.05, 0) is 11.8 Å². The Morgan fingerprint density at radius 1 is 1.29 bits per heavy atom. The molecule has 0 saturated carbocycles. The second kappa shape index (κ2) is 8.58. The van der Waals surface area contributed by atoms with E-state index in [1.807, 2.05) is 0 Å². The standard InChI is InChI=1S/C14H26F3NO3/c1-6-9(4)11(13(20)21-5)18-12(14(15,16)17)10(7-19)8(2)3/h8-12,18-19H,6-7H2,1-5H3/t9-,10+,11-,12+/m0/s1. The quantitative estimate of drug-likeness (QED) is 0.676. The highest BCUT2D eigenvalue weighted by atomic mass is 19.4. The Kier molecular flexibility index (Phi) is 8.25. The molecule has 0 radical (unpaired) electrons. The normalized spacial score (nSPS) is 18.2. The fraction of sp³-hybridized carbons (Fsp3) is 0.929. The van der Waals surface area contributed by atoms with Crippen LogP contribution in [0, 0.1) is 17.8 Å². The Morgan fingerprint density at radius 3 is 2.10 bits per heavy atom. The molecule has 0 unspecified atom stereocenters. The number of esters is 1. The van der Waals surface area contributed by atoms with Gasteiger partial charge in [-0.3, -0.25) is 10.1 Å². The highest BCUT2D eigenvalue weighted by Gasteiger charge is 2.47. The summed E-state index contributed by atoms with van der Waals surface area (Å²) in [7, 11) is 1.15. The molecule has 4 atom stereocenters. The van der Waals surface area contributed by atoms with Crippen molar-refractivity contribution < 1.29 is 27.8 Å². The van der Waals surface area contributed by atoms with E-state index in [-0.39, 0.29) is 11.8 Å². The van der Waals surface area contributed by atoms with Crippen LogP contribution in [0.3, 0.4) is 0 Å². The summed E-state index contributed by atoms with van der Waals surface area (Å²) in [4.78, 5) is 11.7. The first-order chi connectivity index (χ1) is 9.59. The largest absolute Gasteiger partial charge is 0.468 e. The molecule has 0 heterocycles. The van der Waals surface area contributed by atoms with Crippen molar-refractivity contribution in [3.05, 3.63) is 0 Å². The van der Waals surface area contributed by atoms with Gasteiger partial charge in [0, 0.05) is 12.5 Å². The van der Waals surface area contributed by atoms with E-state index in [9.17, 15) is 23.1 Å². The summed E-state index contributed by atoms with van der Waals surface area (Å²) in [5.74, 6) is -2.45. The number of ether oxygens (including phenoxy) is 1. The number of aliphatic hydroxyl groups excluding tert-OH is 1. The first kappa shape index (κ1) is 20.2. The summed E-state index contributed by atoms with van der Waals surface area (Å²) in [6.45, 7) is 6.08. The number of alkyl halides is 3. The molecule has 0 aromatic rings. The Hall–Kier alpha value is -0.820. The molecule has 126 valence electrons. The van der Waals surface area contributed by atoms with Crippen LogP contribution < -0.4 is 5.32 Å². The zero-order chi connectivity index (χ0) is 16.8. The van der Waals surface area contributed by atoms with Crippen LogP contribution in [0.2, 0.25) is 0 Å². The van der Waals surface area contributed by atoms with E-state index < -0.39 is 36.8 Å². The predicted octanol–water partition coefficient (Wildman–Crippen LogP) is 2.36. The van der Waals surface area contributed by atoms with E-state index in [2.05, 4.69) is 10.1 Å². The average Bonchev–Trinajstić information content (AvgIpc) is 2.39. The molecule has 0 aliphatic rings. The summed E-state index contributed by atoms with van der Waals surface area (Å²) in [6.07, 6.45) is -4.03. The van der Waals surface area contributed by atoms with Crippen LogP contribution in [0.5, 0.6) is 0 Å². The zero-order valence-corrected chi connectivity index (χ0v) is 13.2. The van der Waals surface area contributed by atoms with Crippen LogP contribution in [0.4, 0.5) is 13.2 Å². The van der Waals surface area contributed by atoms with E-state index in [0.717, 1.165) is 7.11 Å². The third kappa shape index (κ3) is 5.82. The van der Waals surface area contributed by atoms with E-state index in [1.165, 1.54) is 0 Å². The summed E-state index contributed by atoms with van der Waals surface area (Å²) in [6, 6.07) is -3.01. The topological polar surface area (TPSA) is 58.6 Å². The number of aliphatic hydroxyl groups is 1. The lowest BCUT2D eigenvalue weighted by molar-refractivity contribution is -0.180. The zero-order valence-electron chi connectivity index (χ0n) is 13.2. The first-order valence-corrected chi connectivity index (χ1v) is 7.11. The third-order valence-corrected chi connectivity index (χ3v) is 3.88. The molecule has 4 nitrogen and oxygen atoms in total. The van der Waals surface area contributed by atoms with Gasteiger partial charge in [-0.25, -0.2) is 0 Å². The summed E-state index contributed by atoms with van der Waals surface area (Å²) < 4.78 is 44.5. The van der Waals surface area contributed by atoms with Crippen molar-refractivity contribution in [2.45, 2.75) is 52.4 Å². The molecule has 0 bridgehead atoms. The van der Waals surface area contributed by atoms with Gasteiger partial charge in [0.05, 0.1) is 7.11 Å². The van der Waals surface area contributed by atoms with Gasteiger partial charge in [0.25, 0.3) is 0 Å². The number of hydrogen-bond acceptors (Lipinski definition) is 4. The second-order valence-electron chi connectivity index (χ2n) is 5.66. The monoisotopic (exact) mass is 313 g/mol. The number of halogens is 3. The number of hydrogen-bond donors (Lipinski definition) is 2. The maximum absolute atomic E-state index is 13.3. The molecule has 0 aromatic heterocycles. The van der Waals surface area contributed by atoms with E-state index in [1.54, 1.807) is 27.7 Å². The lowest BCUT2D eigenvalue weighted by Gasteiger charge is -2.35. The van der Waals surface area contributed by atoms with Crippen LogP contribution in [0.15, 0.2) is 0 Å². The van der Waals surface area contributed by atoms with Crippen molar-refractivity contribution in [2.24, 2.45) is 17.8 Å². The molecule has 2 N–H and O–H groups in total. The Bertz CT molecular complexity index is 321. The number of methoxy groups -OCH3 is 1. The molecule has 0 amide bonds. The van der Waals surface area contributed by atoms with Gasteiger partial charge >= 0.3 is 12.1 Å². The molecule has 7 heteroatoms. The molecule has 0 aromatic carbocycles. The maximum Gasteiger partial charge on any atom is 0.404 e. The van der Waals surface area contributed by atoms with E-state index in [0.29, 0.717) is 6.42 Å². The molecule has 0 aliphatic carbocycles. The van der Waals surface area contributed by atoms with Gasteiger partial charge in [-0.15, -0.1) is 0 Å². The lowest BCUT2D eigenvalue weighted by atomic mass is 9.87. The lowest BCUT2D eigenvalue weighted by Crippen LogP contribution is -2.57. The second-order valence-corrected chi connectivity index (χ2v) is 5.66. The van der Waals surface area contributed by atoms with Gasteiger partial charge in [0.15, 0.2) is 0 Å². The van der Waals surface area contributed by atoms with Crippen LogP contribution in [0.1, 0.15) is 34.1 Å². The SMILES string of the molecule is CC[C@H](C)[C@H](N[C@H]([C@H](CO)C(C)C)C(F)(F)F)C(=O)OC. The van der Waals surface area contributed by atoms with Crippen molar-refractivity contribution in [2.75, 3.05) is 13.7 Å². The van der Waals surface area contributed by atoms with Crippen LogP contribution >= 0.6 is 0 Å². The highest BCUT2D eigenvalue weighted by molar-refractivity contribution is 5.76. The van der Waals surface area contributed by atoms with Crippen LogP contribution in [-0.2, 0) is 9.53 Å². The first-order valence-electron chi connectivity index (χ1n) is 7.11. The van der Waals surface area contributed by atoms with Crippen molar-refractivity contribution in [3.8, 4) is 0 Å². The van der Waals surface area contributed by atoms with Crippen molar-refractivity contribution in [1.82, 2.24) is 5.32 Å². The van der Waals surface area contributed by atoms with Crippen LogP contribution in [0.25, 0.3) is 0 Å². The number of carbonyl (C=O) groups is 1. The van der Waals surface area contributed by atoms with Gasteiger partial charge in [0.2, 0.25) is 0 Å². The Morgan fingerprint density at radius 2 is 1.81 bits per heavy atom. The van der Waals surface area contributed by atoms with Crippen molar-refractivity contribution >= 4 is 5.97 Å². The van der Waals surface area contributed by atoms with E-state index >= 15 is 0 Å². The highest BCUT2D eigenvalue weighted by Crippen LogP contribution is 2.31. The Balaban J connectivity index is 5.38. The fourth-order valence-electron chi connectivity index (χ4n) is 2.18. The number of rotatable bonds is 8. The van der Waals surface area contributed by atoms with Gasteiger partial charge in [0.1, 0.15) is 12.1 Å². The minimum absolute atomic E-state index is 0.311. The van der Waals surface area contributed by atoms with Gasteiger partial charge in [-0.1, -0.05) is 34.1 Å². The summed E-state index contributed by atoms with van der Waals surface area (Å²) >= 11 is 0. The van der Waals surface area contributed by atoms with Crippen molar-refractivity contribution in [3.63, 3.8) is 0 Å². The molecule has 0 fully saturated rings. The van der Waals surface area contributed by atoms with Crippen molar-refractivity contribution in [1.29, 1.82) is 0 Å². The summed E-state index contributed by atoms with van der Waals surface area (Å²) in [5, 5.41) is 11.6. The van der Waals surface area contributed by atoms with E-state index in [4.69, 9.17) is 0 Å². The predicted molar refractivity (Wildman–Crippen MR) is 73.7 cm³/mol. The van der Waals surface area contributed by atoms with Gasteiger partial charge < -0.3 is 9.84 Å².